The molecule has 3 aromatic carbocycles. The number of rotatable bonds is 13. The Labute approximate surface area is 264 Å². The third-order valence-electron chi connectivity index (χ3n) is 6.71. The van der Waals surface area contributed by atoms with Crippen LogP contribution in [-0.2, 0) is 16.6 Å². The van der Waals surface area contributed by atoms with E-state index in [9.17, 15) is 13.2 Å². The summed E-state index contributed by atoms with van der Waals surface area (Å²) >= 11 is 7.63. The molecule has 0 unspecified atom stereocenters. The number of ether oxygens (including phenoxy) is 2. The molecular weight excluding hydrogens is 633 g/mol. The maximum absolute atomic E-state index is 15.7. The summed E-state index contributed by atoms with van der Waals surface area (Å²) in [4.78, 5) is 17.7. The van der Waals surface area contributed by atoms with Gasteiger partial charge in [-0.15, -0.1) is 11.3 Å². The minimum Gasteiger partial charge on any atom is -0.497 e. The molecule has 0 spiro atoms. The summed E-state index contributed by atoms with van der Waals surface area (Å²) in [5, 5.41) is 13.9. The summed E-state index contributed by atoms with van der Waals surface area (Å²) in [6.45, 7) is 0.434. The molecular formula is C29H31ClFN5O6S2. The lowest BCUT2D eigenvalue weighted by atomic mass is 10.2. The molecule has 0 saturated heterocycles. The predicted molar refractivity (Wildman–Crippen MR) is 170 cm³/mol. The Balaban J connectivity index is 1.66. The van der Waals surface area contributed by atoms with Crippen LogP contribution in [0.4, 0.5) is 31.4 Å². The van der Waals surface area contributed by atoms with Gasteiger partial charge in [-0.25, -0.2) is 26.9 Å². The number of benzene rings is 3. The van der Waals surface area contributed by atoms with E-state index in [2.05, 4.69) is 10.3 Å². The van der Waals surface area contributed by atoms with Gasteiger partial charge in [-0.05, 0) is 30.3 Å². The van der Waals surface area contributed by atoms with Crippen molar-refractivity contribution in [1.29, 1.82) is 0 Å². The van der Waals surface area contributed by atoms with Crippen molar-refractivity contribution in [3.63, 3.8) is 0 Å². The van der Waals surface area contributed by atoms with Crippen LogP contribution < -0.4 is 24.0 Å². The van der Waals surface area contributed by atoms with E-state index in [-0.39, 0.29) is 28.9 Å². The van der Waals surface area contributed by atoms with Crippen molar-refractivity contribution in [3.05, 3.63) is 82.6 Å². The van der Waals surface area contributed by atoms with E-state index in [4.69, 9.17) is 26.2 Å². The van der Waals surface area contributed by atoms with Gasteiger partial charge in [0.05, 0.1) is 42.8 Å². The Morgan fingerprint density at radius 3 is 2.48 bits per heavy atom. The Bertz CT molecular complexity index is 1730. The number of halogens is 2. The minimum atomic E-state index is -4.50. The Kier molecular flexibility index (Phi) is 10.4. The highest BCUT2D eigenvalue weighted by molar-refractivity contribution is 7.93. The quantitative estimate of drug-likeness (QED) is 0.174. The van der Waals surface area contributed by atoms with Crippen LogP contribution in [0.3, 0.4) is 0 Å². The molecule has 0 atom stereocenters. The van der Waals surface area contributed by atoms with Gasteiger partial charge in [-0.2, -0.15) is 0 Å². The topological polar surface area (TPSA) is 125 Å². The van der Waals surface area contributed by atoms with Crippen LogP contribution in [0.1, 0.15) is 5.56 Å². The molecule has 0 aliphatic rings. The second-order valence-corrected chi connectivity index (χ2v) is 12.6. The molecule has 1 heterocycles. The monoisotopic (exact) mass is 663 g/mol. The normalized spacial score (nSPS) is 11.1. The summed E-state index contributed by atoms with van der Waals surface area (Å²) in [7, 11) is 1.72. The molecule has 0 radical (unpaired) electrons. The molecule has 2 N–H and O–H groups in total. The van der Waals surface area contributed by atoms with E-state index in [1.165, 1.54) is 27.5 Å². The first-order valence-corrected chi connectivity index (χ1v) is 15.8. The largest absolute Gasteiger partial charge is 0.497 e. The van der Waals surface area contributed by atoms with Crippen LogP contribution in [0.2, 0.25) is 5.02 Å². The molecule has 0 fully saturated rings. The average molecular weight is 664 g/mol. The van der Waals surface area contributed by atoms with Gasteiger partial charge < -0.3 is 29.7 Å². The third kappa shape index (κ3) is 7.26. The molecule has 1 amide bonds. The summed E-state index contributed by atoms with van der Waals surface area (Å²) in [6.07, 6.45) is 0.414. The lowest BCUT2D eigenvalue weighted by Crippen LogP contribution is -2.34. The van der Waals surface area contributed by atoms with Crippen molar-refractivity contribution in [3.8, 4) is 11.5 Å². The number of thiazole rings is 1. The van der Waals surface area contributed by atoms with E-state index >= 15 is 4.39 Å². The van der Waals surface area contributed by atoms with Crippen molar-refractivity contribution in [1.82, 2.24) is 9.88 Å². The maximum Gasteiger partial charge on any atom is 0.407 e. The van der Waals surface area contributed by atoms with Crippen LogP contribution in [0.25, 0.3) is 0 Å². The average Bonchev–Trinajstić information content (AvgIpc) is 3.54. The van der Waals surface area contributed by atoms with E-state index in [0.717, 1.165) is 32.7 Å². The number of nitrogens with zero attached hydrogens (tertiary/aromatic N) is 4. The molecule has 1 aromatic heterocycles. The number of aromatic nitrogens is 1. The number of carboxylic acid groups (broad SMARTS) is 1. The van der Waals surface area contributed by atoms with E-state index in [1.54, 1.807) is 48.8 Å². The van der Waals surface area contributed by atoms with E-state index in [0.29, 0.717) is 35.0 Å². The first-order chi connectivity index (χ1) is 21.0. The van der Waals surface area contributed by atoms with Gasteiger partial charge in [0, 0.05) is 56.5 Å². The number of methoxy groups -OCH3 is 2. The summed E-state index contributed by atoms with van der Waals surface area (Å²) in [6, 6.07) is 14.2. The Morgan fingerprint density at radius 2 is 1.82 bits per heavy atom. The molecule has 11 nitrogen and oxygen atoms in total. The van der Waals surface area contributed by atoms with Crippen LogP contribution >= 0.6 is 22.9 Å². The smallest absolute Gasteiger partial charge is 0.407 e. The van der Waals surface area contributed by atoms with Gasteiger partial charge in [0.1, 0.15) is 22.2 Å². The zero-order valence-electron chi connectivity index (χ0n) is 24.3. The minimum absolute atomic E-state index is 0.0332. The second kappa shape index (κ2) is 14.0. The molecule has 15 heteroatoms. The van der Waals surface area contributed by atoms with Gasteiger partial charge in [0.2, 0.25) is 0 Å². The Morgan fingerprint density at radius 1 is 1.07 bits per heavy atom. The van der Waals surface area contributed by atoms with Crippen molar-refractivity contribution in [2.75, 3.05) is 55.9 Å². The van der Waals surface area contributed by atoms with Crippen LogP contribution in [0.5, 0.6) is 11.5 Å². The lowest BCUT2D eigenvalue weighted by Gasteiger charge is -2.25. The first kappa shape index (κ1) is 32.6. The van der Waals surface area contributed by atoms with Gasteiger partial charge in [0.15, 0.2) is 5.13 Å². The maximum atomic E-state index is 15.7. The summed E-state index contributed by atoms with van der Waals surface area (Å²) in [5.41, 5.74) is 1.90. The van der Waals surface area contributed by atoms with Crippen LogP contribution in [-0.4, -0.2) is 70.9 Å². The van der Waals surface area contributed by atoms with Gasteiger partial charge in [-0.1, -0.05) is 23.7 Å². The molecule has 4 rings (SSSR count). The molecule has 0 aliphatic carbocycles. The Hall–Kier alpha value is -4.27. The predicted octanol–water partition coefficient (Wildman–Crippen LogP) is 6.14. The van der Waals surface area contributed by atoms with Crippen molar-refractivity contribution < 1.29 is 32.2 Å². The number of anilines is 4. The molecule has 0 saturated carbocycles. The molecule has 44 heavy (non-hydrogen) atoms. The highest BCUT2D eigenvalue weighted by Crippen LogP contribution is 2.37. The van der Waals surface area contributed by atoms with Crippen molar-refractivity contribution in [2.45, 2.75) is 11.4 Å². The SMILES string of the molecule is COc1ccc(CN(c2nccs2)S(=O)(=O)c2cc(Cl)c(Nc3ccccc3N(C)CCN(C)C(=O)O)cc2F)c(OC)c1. The molecule has 0 aliphatic heterocycles. The number of sulfonamides is 1. The number of para-hydroxylation sites is 2. The highest BCUT2D eigenvalue weighted by atomic mass is 35.5. The van der Waals surface area contributed by atoms with Crippen LogP contribution in [0.15, 0.2) is 71.1 Å². The number of likely N-dealkylation sites (N-methyl/N-ethyl adjacent to an activating group) is 2. The fourth-order valence-electron chi connectivity index (χ4n) is 4.25. The molecule has 4 aromatic rings. The van der Waals surface area contributed by atoms with E-state index in [1.807, 2.05) is 11.0 Å². The molecule has 0 bridgehead atoms. The van der Waals surface area contributed by atoms with Crippen molar-refractivity contribution >= 4 is 61.2 Å². The number of carbonyl (C=O) groups is 1. The lowest BCUT2D eigenvalue weighted by molar-refractivity contribution is 0.157. The summed E-state index contributed by atoms with van der Waals surface area (Å²) < 4.78 is 55.4. The third-order valence-corrected chi connectivity index (χ3v) is 9.69. The van der Waals surface area contributed by atoms with E-state index < -0.39 is 26.8 Å². The van der Waals surface area contributed by atoms with Gasteiger partial charge in [-0.3, -0.25) is 0 Å². The number of hydrogen-bond donors (Lipinski definition) is 2. The van der Waals surface area contributed by atoms with Gasteiger partial charge in [0.25, 0.3) is 10.0 Å². The fraction of sp³-hybridized carbons (Fsp3) is 0.241. The summed E-state index contributed by atoms with van der Waals surface area (Å²) in [5.74, 6) is -0.109. The number of amides is 1. The number of hydrogen-bond acceptors (Lipinski definition) is 9. The molecule has 234 valence electrons. The number of nitrogens with one attached hydrogen (secondary N) is 1. The highest BCUT2D eigenvalue weighted by Gasteiger charge is 2.32. The van der Waals surface area contributed by atoms with Gasteiger partial charge >= 0.3 is 6.09 Å². The first-order valence-electron chi connectivity index (χ1n) is 13.1. The standard InChI is InChI=1S/C29H31ClFN5O6S2/c1-34(12-13-35(2)29(37)38)25-8-6-5-7-23(25)33-24-17-22(31)27(16-21(24)30)44(39,40)36(28-32-11-14-43-28)18-19-9-10-20(41-3)15-26(19)42-4/h5-11,14-17,33H,12-13,18H2,1-4H3,(H,37,38). The zero-order valence-corrected chi connectivity index (χ0v) is 26.7. The van der Waals surface area contributed by atoms with Crippen LogP contribution in [0, 0.1) is 5.82 Å². The second-order valence-electron chi connectivity index (χ2n) is 9.53. The zero-order chi connectivity index (χ0) is 32.0. The fourth-order valence-corrected chi connectivity index (χ4v) is 6.86. The van der Waals surface area contributed by atoms with Crippen molar-refractivity contribution in [2.24, 2.45) is 0 Å².